The van der Waals surface area contributed by atoms with Crippen molar-refractivity contribution in [2.75, 3.05) is 13.2 Å². The second-order valence-electron chi connectivity index (χ2n) is 4.51. The highest BCUT2D eigenvalue weighted by molar-refractivity contribution is 6.42. The normalized spacial score (nSPS) is 11.8. The molecule has 0 aliphatic heterocycles. The topological polar surface area (TPSA) is 52.6 Å². The maximum atomic E-state index is 11.3. The van der Waals surface area contributed by atoms with E-state index in [-0.39, 0.29) is 23.5 Å². The van der Waals surface area contributed by atoms with E-state index in [9.17, 15) is 9.59 Å². The van der Waals surface area contributed by atoms with E-state index in [0.29, 0.717) is 6.61 Å². The van der Waals surface area contributed by atoms with E-state index in [2.05, 4.69) is 0 Å². The molecule has 0 amide bonds. The molecule has 0 fully saturated rings. The van der Waals surface area contributed by atoms with Crippen LogP contribution in [0, 0.1) is 11.8 Å². The van der Waals surface area contributed by atoms with Gasteiger partial charge in [-0.15, -0.1) is 0 Å². The Morgan fingerprint density at radius 2 is 1.53 bits per heavy atom. The minimum atomic E-state index is -0.707. The van der Waals surface area contributed by atoms with Crippen LogP contribution in [0.2, 0.25) is 0 Å². The van der Waals surface area contributed by atoms with Crippen molar-refractivity contribution in [3.05, 3.63) is 11.1 Å². The van der Waals surface area contributed by atoms with Crippen molar-refractivity contribution in [1.82, 2.24) is 0 Å². The smallest absolute Gasteiger partial charge is 0.350 e. The van der Waals surface area contributed by atoms with Gasteiger partial charge in [0.2, 0.25) is 0 Å². The van der Waals surface area contributed by atoms with E-state index < -0.39 is 11.9 Å². The number of halogens is 1. The molecule has 0 atom stereocenters. The van der Waals surface area contributed by atoms with E-state index in [4.69, 9.17) is 21.1 Å². The molecule has 98 valence electrons. The Morgan fingerprint density at radius 1 is 1.06 bits per heavy atom. The number of carbonyl (C=O) groups is 2. The molecule has 5 heteroatoms. The first-order chi connectivity index (χ1) is 7.82. The van der Waals surface area contributed by atoms with Crippen LogP contribution in [0.3, 0.4) is 0 Å². The summed E-state index contributed by atoms with van der Waals surface area (Å²) in [4.78, 5) is 22.5. The van der Waals surface area contributed by atoms with Crippen molar-refractivity contribution >= 4 is 23.5 Å². The van der Waals surface area contributed by atoms with Crippen LogP contribution in [0.25, 0.3) is 0 Å². The molecular weight excluding hydrogens is 244 g/mol. The van der Waals surface area contributed by atoms with E-state index >= 15 is 0 Å². The van der Waals surface area contributed by atoms with Gasteiger partial charge in [-0.3, -0.25) is 0 Å². The standard InChI is InChI=1S/C12H19ClO4/c1-8(2)6-16-11(14)5-10(13)12(15)17-7-9(3)4/h5,8-9H,6-7H2,1-4H3/b10-5+. The van der Waals surface area contributed by atoms with Gasteiger partial charge in [0, 0.05) is 6.08 Å². The monoisotopic (exact) mass is 262 g/mol. The molecule has 0 heterocycles. The second-order valence-corrected chi connectivity index (χ2v) is 4.92. The average Bonchev–Trinajstić information content (AvgIpc) is 2.22. The Labute approximate surface area is 107 Å². The highest BCUT2D eigenvalue weighted by Crippen LogP contribution is 2.06. The average molecular weight is 263 g/mol. The van der Waals surface area contributed by atoms with Gasteiger partial charge >= 0.3 is 11.9 Å². The summed E-state index contributed by atoms with van der Waals surface area (Å²) in [5.41, 5.74) is 0. The first-order valence-corrected chi connectivity index (χ1v) is 5.91. The number of rotatable bonds is 6. The molecule has 0 aliphatic rings. The van der Waals surface area contributed by atoms with Crippen molar-refractivity contribution in [3.8, 4) is 0 Å². The van der Waals surface area contributed by atoms with Gasteiger partial charge in [0.15, 0.2) is 0 Å². The van der Waals surface area contributed by atoms with Crippen molar-refractivity contribution in [2.45, 2.75) is 27.7 Å². The molecule has 0 N–H and O–H groups in total. The van der Waals surface area contributed by atoms with Crippen LogP contribution in [0.4, 0.5) is 0 Å². The molecule has 0 unspecified atom stereocenters. The number of hydrogen-bond acceptors (Lipinski definition) is 4. The van der Waals surface area contributed by atoms with E-state index in [1.165, 1.54) is 0 Å². The number of hydrogen-bond donors (Lipinski definition) is 0. The molecule has 0 aromatic rings. The zero-order valence-corrected chi connectivity index (χ0v) is 11.4. The third-order valence-corrected chi connectivity index (χ3v) is 1.81. The quantitative estimate of drug-likeness (QED) is 0.545. The molecule has 0 radical (unpaired) electrons. The van der Waals surface area contributed by atoms with Gasteiger partial charge in [-0.1, -0.05) is 39.3 Å². The minimum absolute atomic E-state index is 0.219. The van der Waals surface area contributed by atoms with Gasteiger partial charge in [-0.2, -0.15) is 0 Å². The molecule has 0 bridgehead atoms. The maximum Gasteiger partial charge on any atom is 0.350 e. The lowest BCUT2D eigenvalue weighted by Crippen LogP contribution is -2.12. The zero-order chi connectivity index (χ0) is 13.4. The number of carbonyl (C=O) groups excluding carboxylic acids is 2. The molecule has 17 heavy (non-hydrogen) atoms. The Balaban J connectivity index is 4.14. The lowest BCUT2D eigenvalue weighted by atomic mass is 10.2. The highest BCUT2D eigenvalue weighted by Gasteiger charge is 2.12. The molecule has 0 aromatic carbocycles. The predicted molar refractivity (Wildman–Crippen MR) is 65.5 cm³/mol. The molecule has 0 saturated heterocycles. The summed E-state index contributed by atoms with van der Waals surface area (Å²) in [6, 6.07) is 0. The Kier molecular flexibility index (Phi) is 7.63. The summed E-state index contributed by atoms with van der Waals surface area (Å²) < 4.78 is 9.69. The van der Waals surface area contributed by atoms with Crippen LogP contribution in [0.15, 0.2) is 11.1 Å². The van der Waals surface area contributed by atoms with Crippen LogP contribution in [-0.4, -0.2) is 25.2 Å². The highest BCUT2D eigenvalue weighted by atomic mass is 35.5. The van der Waals surface area contributed by atoms with Gasteiger partial charge in [0.1, 0.15) is 5.03 Å². The molecule has 0 aromatic heterocycles. The fourth-order valence-electron chi connectivity index (χ4n) is 0.764. The summed E-state index contributed by atoms with van der Waals surface area (Å²) in [6.07, 6.45) is 0.937. The number of esters is 2. The molecule has 0 aliphatic carbocycles. The van der Waals surface area contributed by atoms with Crippen molar-refractivity contribution in [1.29, 1.82) is 0 Å². The van der Waals surface area contributed by atoms with Crippen LogP contribution < -0.4 is 0 Å². The summed E-state index contributed by atoms with van der Waals surface area (Å²) >= 11 is 5.61. The first-order valence-electron chi connectivity index (χ1n) is 5.54. The predicted octanol–water partition coefficient (Wildman–Crippen LogP) is 2.51. The lowest BCUT2D eigenvalue weighted by Gasteiger charge is -2.07. The van der Waals surface area contributed by atoms with Crippen LogP contribution in [-0.2, 0) is 19.1 Å². The SMILES string of the molecule is CC(C)COC(=O)/C=C(/Cl)C(=O)OCC(C)C. The van der Waals surface area contributed by atoms with Gasteiger partial charge in [-0.25, -0.2) is 9.59 Å². The summed E-state index contributed by atoms with van der Waals surface area (Å²) in [5, 5.41) is -0.264. The zero-order valence-electron chi connectivity index (χ0n) is 10.7. The molecule has 0 spiro atoms. The fraction of sp³-hybridized carbons (Fsp3) is 0.667. The Morgan fingerprint density at radius 3 is 2.00 bits per heavy atom. The fourth-order valence-corrected chi connectivity index (χ4v) is 0.908. The third kappa shape index (κ3) is 8.74. The number of ether oxygens (including phenoxy) is 2. The second kappa shape index (κ2) is 8.12. The van der Waals surface area contributed by atoms with Gasteiger partial charge < -0.3 is 9.47 Å². The van der Waals surface area contributed by atoms with Gasteiger partial charge in [0.05, 0.1) is 13.2 Å². The van der Waals surface area contributed by atoms with Crippen LogP contribution in [0.1, 0.15) is 27.7 Å². The van der Waals surface area contributed by atoms with Crippen LogP contribution in [0.5, 0.6) is 0 Å². The Hall–Kier alpha value is -1.03. The van der Waals surface area contributed by atoms with E-state index in [1.54, 1.807) is 0 Å². The van der Waals surface area contributed by atoms with Crippen LogP contribution >= 0.6 is 11.6 Å². The summed E-state index contributed by atoms with van der Waals surface area (Å²) in [5.74, 6) is -0.887. The maximum absolute atomic E-state index is 11.3. The first kappa shape index (κ1) is 16.0. The minimum Gasteiger partial charge on any atom is -0.462 e. The Bertz CT molecular complexity index is 295. The van der Waals surface area contributed by atoms with E-state index in [1.807, 2.05) is 27.7 Å². The lowest BCUT2D eigenvalue weighted by molar-refractivity contribution is -0.141. The molecule has 0 saturated carbocycles. The molecule has 4 nitrogen and oxygen atoms in total. The molecule has 0 rings (SSSR count). The van der Waals surface area contributed by atoms with Gasteiger partial charge in [-0.05, 0) is 11.8 Å². The summed E-state index contributed by atoms with van der Waals surface area (Å²) in [6.45, 7) is 8.19. The van der Waals surface area contributed by atoms with Crippen molar-refractivity contribution < 1.29 is 19.1 Å². The summed E-state index contributed by atoms with van der Waals surface area (Å²) in [7, 11) is 0. The van der Waals surface area contributed by atoms with E-state index in [0.717, 1.165) is 6.08 Å². The van der Waals surface area contributed by atoms with Gasteiger partial charge in [0.25, 0.3) is 0 Å². The van der Waals surface area contributed by atoms with Crippen molar-refractivity contribution in [3.63, 3.8) is 0 Å². The third-order valence-electron chi connectivity index (χ3n) is 1.55. The molecular formula is C12H19ClO4. The largest absolute Gasteiger partial charge is 0.462 e. The van der Waals surface area contributed by atoms with Crippen molar-refractivity contribution in [2.24, 2.45) is 11.8 Å².